The number of carbonyl (C=O) groups is 2. The maximum absolute atomic E-state index is 12.6. The maximum atomic E-state index is 12.6. The number of benzene rings is 1. The summed E-state index contributed by atoms with van der Waals surface area (Å²) in [7, 11) is 1.56. The lowest BCUT2D eigenvalue weighted by molar-refractivity contribution is -0.131. The van der Waals surface area contributed by atoms with Crippen LogP contribution in [0.3, 0.4) is 0 Å². The number of carbonyl (C=O) groups excluding carboxylic acids is 2. The number of hydrogen-bond donors (Lipinski definition) is 2. The van der Waals surface area contributed by atoms with E-state index in [0.29, 0.717) is 24.4 Å². The number of aliphatic imine (C=N–C) groups is 1. The summed E-state index contributed by atoms with van der Waals surface area (Å²) in [5.41, 5.74) is 3.05. The van der Waals surface area contributed by atoms with Gasteiger partial charge in [-0.1, -0.05) is 6.07 Å². The van der Waals surface area contributed by atoms with E-state index in [1.807, 2.05) is 11.1 Å². The molecule has 148 valence electrons. The molecular formula is C21H26N4O3. The first kappa shape index (κ1) is 18.7. The highest BCUT2D eigenvalue weighted by Gasteiger charge is 2.42. The minimum Gasteiger partial charge on any atom is -0.497 e. The average molecular weight is 382 g/mol. The molecule has 3 aliphatic heterocycles. The molecule has 3 heterocycles. The van der Waals surface area contributed by atoms with Gasteiger partial charge in [-0.15, -0.1) is 0 Å². The van der Waals surface area contributed by atoms with Crippen molar-refractivity contribution in [3.05, 3.63) is 41.1 Å². The highest BCUT2D eigenvalue weighted by atomic mass is 16.5. The second-order valence-electron chi connectivity index (χ2n) is 7.52. The second kappa shape index (κ2) is 7.75. The first-order valence-electron chi connectivity index (χ1n) is 9.81. The molecule has 0 bridgehead atoms. The van der Waals surface area contributed by atoms with Crippen LogP contribution >= 0.6 is 0 Å². The number of methoxy groups -OCH3 is 1. The number of piperidine rings is 1. The summed E-state index contributed by atoms with van der Waals surface area (Å²) in [5, 5.41) is 6.38. The van der Waals surface area contributed by atoms with Gasteiger partial charge in [-0.05, 0) is 49.6 Å². The molecule has 2 amide bonds. The summed E-state index contributed by atoms with van der Waals surface area (Å²) in [4.78, 5) is 31.4. The van der Waals surface area contributed by atoms with Crippen LogP contribution in [0.25, 0.3) is 0 Å². The zero-order chi connectivity index (χ0) is 19.6. The fourth-order valence-corrected chi connectivity index (χ4v) is 4.34. The highest BCUT2D eigenvalue weighted by molar-refractivity contribution is 5.96. The number of hydrogen-bond acceptors (Lipinski definition) is 5. The van der Waals surface area contributed by atoms with Crippen LogP contribution in [-0.2, 0) is 4.79 Å². The van der Waals surface area contributed by atoms with E-state index < -0.39 is 0 Å². The number of amides is 2. The molecule has 7 heteroatoms. The molecule has 0 aromatic heterocycles. The monoisotopic (exact) mass is 382 g/mol. The van der Waals surface area contributed by atoms with Crippen molar-refractivity contribution in [1.29, 1.82) is 0 Å². The molecule has 7 nitrogen and oxygen atoms in total. The molecule has 28 heavy (non-hydrogen) atoms. The molecule has 0 saturated carbocycles. The van der Waals surface area contributed by atoms with E-state index in [2.05, 4.69) is 15.6 Å². The molecule has 0 radical (unpaired) electrons. The standard InChI is InChI=1S/C21H26N4O3/c1-28-17-4-2-3-16(13-17)20(27)23-14-18(26)25-11-7-21(8-12-25)19-15(5-9-22-19)6-10-24-21/h2-4,9,13,24H,5-8,10-12,14H2,1H3,(H,23,27). The lowest BCUT2D eigenvalue weighted by atomic mass is 9.79. The fourth-order valence-electron chi connectivity index (χ4n) is 4.34. The molecule has 1 aromatic carbocycles. The van der Waals surface area contributed by atoms with Crippen molar-refractivity contribution in [1.82, 2.24) is 15.5 Å². The molecule has 1 fully saturated rings. The van der Waals surface area contributed by atoms with Crippen LogP contribution in [0.15, 0.2) is 40.5 Å². The van der Waals surface area contributed by atoms with Crippen molar-refractivity contribution >= 4 is 18.0 Å². The van der Waals surface area contributed by atoms with Gasteiger partial charge in [0.05, 0.1) is 24.9 Å². The fraction of sp³-hybridized carbons (Fsp3) is 0.476. The van der Waals surface area contributed by atoms with Gasteiger partial charge >= 0.3 is 0 Å². The molecule has 0 atom stereocenters. The van der Waals surface area contributed by atoms with Gasteiger partial charge in [0.15, 0.2) is 0 Å². The van der Waals surface area contributed by atoms with Gasteiger partial charge in [-0.25, -0.2) is 0 Å². The Morgan fingerprint density at radius 1 is 1.32 bits per heavy atom. The third-order valence-electron chi connectivity index (χ3n) is 5.94. The highest BCUT2D eigenvalue weighted by Crippen LogP contribution is 2.38. The zero-order valence-corrected chi connectivity index (χ0v) is 16.2. The van der Waals surface area contributed by atoms with Crippen LogP contribution in [0.5, 0.6) is 5.75 Å². The van der Waals surface area contributed by atoms with Gasteiger partial charge in [-0.3, -0.25) is 14.6 Å². The van der Waals surface area contributed by atoms with Crippen molar-refractivity contribution in [2.75, 3.05) is 33.3 Å². The van der Waals surface area contributed by atoms with Gasteiger partial charge in [0.2, 0.25) is 5.91 Å². The number of ether oxygens (including phenoxy) is 1. The zero-order valence-electron chi connectivity index (χ0n) is 16.2. The number of nitrogens with zero attached hydrogens (tertiary/aromatic N) is 2. The Bertz CT molecular complexity index is 838. The number of fused-ring (bicyclic) bond motifs is 1. The predicted molar refractivity (Wildman–Crippen MR) is 107 cm³/mol. The van der Waals surface area contributed by atoms with Crippen LogP contribution < -0.4 is 15.4 Å². The van der Waals surface area contributed by atoms with E-state index in [1.165, 1.54) is 11.3 Å². The molecule has 1 saturated heterocycles. The van der Waals surface area contributed by atoms with Crippen molar-refractivity contribution in [2.45, 2.75) is 31.2 Å². The van der Waals surface area contributed by atoms with Crippen LogP contribution in [0.2, 0.25) is 0 Å². The Morgan fingerprint density at radius 2 is 2.14 bits per heavy atom. The minimum atomic E-state index is -0.273. The van der Waals surface area contributed by atoms with Crippen LogP contribution in [0.1, 0.15) is 36.0 Å². The van der Waals surface area contributed by atoms with Crippen molar-refractivity contribution < 1.29 is 14.3 Å². The van der Waals surface area contributed by atoms with Crippen LogP contribution in [-0.4, -0.2) is 61.8 Å². The molecule has 3 aliphatic rings. The van der Waals surface area contributed by atoms with Crippen molar-refractivity contribution in [3.63, 3.8) is 0 Å². The van der Waals surface area contributed by atoms with Gasteiger partial charge in [-0.2, -0.15) is 0 Å². The first-order chi connectivity index (χ1) is 13.6. The van der Waals surface area contributed by atoms with Crippen LogP contribution in [0.4, 0.5) is 0 Å². The lowest BCUT2D eigenvalue weighted by Gasteiger charge is -2.45. The number of nitrogens with one attached hydrogen (secondary N) is 2. The average Bonchev–Trinajstić information content (AvgIpc) is 3.23. The third kappa shape index (κ3) is 3.54. The summed E-state index contributed by atoms with van der Waals surface area (Å²) in [6, 6.07) is 6.90. The summed E-state index contributed by atoms with van der Waals surface area (Å²) in [6.45, 7) is 2.33. The normalized spacial score (nSPS) is 20.2. The molecule has 2 N–H and O–H groups in total. The van der Waals surface area contributed by atoms with Gasteiger partial charge in [0.25, 0.3) is 5.91 Å². The first-order valence-corrected chi connectivity index (χ1v) is 9.81. The maximum Gasteiger partial charge on any atom is 0.251 e. The number of rotatable bonds is 4. The van der Waals surface area contributed by atoms with E-state index in [-0.39, 0.29) is 23.9 Å². The summed E-state index contributed by atoms with van der Waals surface area (Å²) in [5.74, 6) is 0.291. The van der Waals surface area contributed by atoms with Gasteiger partial charge in [0.1, 0.15) is 5.75 Å². The van der Waals surface area contributed by atoms with E-state index in [4.69, 9.17) is 4.74 Å². The number of likely N-dealkylation sites (tertiary alicyclic amines) is 1. The Balaban J connectivity index is 1.31. The summed E-state index contributed by atoms with van der Waals surface area (Å²) >= 11 is 0. The smallest absolute Gasteiger partial charge is 0.251 e. The molecular weight excluding hydrogens is 356 g/mol. The van der Waals surface area contributed by atoms with Crippen molar-refractivity contribution in [3.8, 4) is 5.75 Å². The Hall–Kier alpha value is -2.67. The lowest BCUT2D eigenvalue weighted by Crippen LogP contribution is -2.57. The second-order valence-corrected chi connectivity index (χ2v) is 7.52. The van der Waals surface area contributed by atoms with E-state index in [0.717, 1.165) is 32.2 Å². The quantitative estimate of drug-likeness (QED) is 0.827. The third-order valence-corrected chi connectivity index (χ3v) is 5.94. The molecule has 4 rings (SSSR count). The summed E-state index contributed by atoms with van der Waals surface area (Å²) in [6.07, 6.45) is 5.76. The van der Waals surface area contributed by atoms with E-state index in [9.17, 15) is 9.59 Å². The Morgan fingerprint density at radius 3 is 2.93 bits per heavy atom. The van der Waals surface area contributed by atoms with Gasteiger partial charge in [0, 0.05) is 31.3 Å². The largest absolute Gasteiger partial charge is 0.497 e. The van der Waals surface area contributed by atoms with Crippen molar-refractivity contribution in [2.24, 2.45) is 4.99 Å². The Labute approximate surface area is 164 Å². The topological polar surface area (TPSA) is 83.0 Å². The van der Waals surface area contributed by atoms with Gasteiger partial charge < -0.3 is 20.3 Å². The molecule has 0 aliphatic carbocycles. The molecule has 0 unspecified atom stereocenters. The molecule has 1 aromatic rings. The predicted octanol–water partition coefficient (Wildman–Crippen LogP) is 1.51. The van der Waals surface area contributed by atoms with Crippen LogP contribution in [0, 0.1) is 0 Å². The Kier molecular flexibility index (Phi) is 5.17. The molecule has 1 spiro atoms. The van der Waals surface area contributed by atoms with E-state index >= 15 is 0 Å². The minimum absolute atomic E-state index is 0.00255. The van der Waals surface area contributed by atoms with E-state index in [1.54, 1.807) is 31.4 Å². The SMILES string of the molecule is COc1cccc(C(=O)NCC(=O)N2CCC3(CC2)NCCC2=C3N=CC2)c1. The summed E-state index contributed by atoms with van der Waals surface area (Å²) < 4.78 is 5.14.